The fourth-order valence-electron chi connectivity index (χ4n) is 1.98. The van der Waals surface area contributed by atoms with Crippen LogP contribution in [0.2, 0.25) is 0 Å². The van der Waals surface area contributed by atoms with Crippen molar-refractivity contribution < 1.29 is 13.9 Å². The van der Waals surface area contributed by atoms with E-state index in [-0.39, 0.29) is 17.7 Å². The average Bonchev–Trinajstić information content (AvgIpc) is 2.58. The molecule has 1 aromatic rings. The first-order chi connectivity index (χ1) is 8.10. The van der Waals surface area contributed by atoms with Crippen molar-refractivity contribution in [1.82, 2.24) is 4.90 Å². The number of carbonyl (C=O) groups is 1. The van der Waals surface area contributed by atoms with Crippen LogP contribution >= 0.6 is 0 Å². The van der Waals surface area contributed by atoms with E-state index in [2.05, 4.69) is 0 Å². The Labute approximate surface area is 99.2 Å². The van der Waals surface area contributed by atoms with Crippen LogP contribution in [0.5, 0.6) is 5.75 Å². The number of halogens is 1. The van der Waals surface area contributed by atoms with Gasteiger partial charge in [-0.2, -0.15) is 0 Å². The predicted molar refractivity (Wildman–Crippen MR) is 61.0 cm³/mol. The van der Waals surface area contributed by atoms with Crippen LogP contribution in [0.1, 0.15) is 12.0 Å². The van der Waals surface area contributed by atoms with Gasteiger partial charge < -0.3 is 15.4 Å². The number of ether oxygens (including phenoxy) is 1. The Bertz CT molecular complexity index is 437. The number of hydrogen-bond acceptors (Lipinski definition) is 3. The Morgan fingerprint density at radius 3 is 2.88 bits per heavy atom. The molecule has 0 aliphatic carbocycles. The molecule has 2 rings (SSSR count). The topological polar surface area (TPSA) is 55.6 Å². The molecular weight excluding hydrogens is 223 g/mol. The molecule has 1 aliphatic rings. The van der Waals surface area contributed by atoms with Crippen molar-refractivity contribution in [1.29, 1.82) is 0 Å². The van der Waals surface area contributed by atoms with E-state index in [4.69, 9.17) is 10.5 Å². The van der Waals surface area contributed by atoms with Crippen LogP contribution in [0.4, 0.5) is 4.39 Å². The lowest BCUT2D eigenvalue weighted by Gasteiger charge is -2.16. The summed E-state index contributed by atoms with van der Waals surface area (Å²) in [6.45, 7) is 0.930. The maximum atomic E-state index is 13.4. The third kappa shape index (κ3) is 2.55. The van der Waals surface area contributed by atoms with Gasteiger partial charge in [-0.3, -0.25) is 4.79 Å². The number of carbonyl (C=O) groups excluding carboxylic acids is 1. The Hall–Kier alpha value is -1.62. The summed E-state index contributed by atoms with van der Waals surface area (Å²) in [5.74, 6) is -0.187. The zero-order valence-corrected chi connectivity index (χ0v) is 9.65. The molecule has 2 N–H and O–H groups in total. The van der Waals surface area contributed by atoms with Gasteiger partial charge in [0.05, 0.1) is 7.11 Å². The second kappa shape index (κ2) is 4.71. The predicted octanol–water partition coefficient (Wildman–Crippen LogP) is 0.894. The van der Waals surface area contributed by atoms with Gasteiger partial charge in [0.25, 0.3) is 0 Å². The smallest absolute Gasteiger partial charge is 0.224 e. The Morgan fingerprint density at radius 2 is 2.35 bits per heavy atom. The average molecular weight is 238 g/mol. The first-order valence-corrected chi connectivity index (χ1v) is 5.46. The molecule has 1 amide bonds. The fraction of sp³-hybridized carbons (Fsp3) is 0.417. The van der Waals surface area contributed by atoms with Crippen molar-refractivity contribution in [3.8, 4) is 5.75 Å². The minimum absolute atomic E-state index is 0.0220. The molecule has 17 heavy (non-hydrogen) atoms. The standard InChI is InChI=1S/C12H15FN2O2/c1-17-11-3-2-8(4-10(11)13)6-15-7-9(14)5-12(15)16/h2-4,9H,5-7,14H2,1H3. The number of likely N-dealkylation sites (tertiary alicyclic amines) is 1. The quantitative estimate of drug-likeness (QED) is 0.851. The molecule has 92 valence electrons. The van der Waals surface area contributed by atoms with Crippen LogP contribution < -0.4 is 10.5 Å². The van der Waals surface area contributed by atoms with Gasteiger partial charge in [0.1, 0.15) is 0 Å². The molecule has 1 aliphatic heterocycles. The van der Waals surface area contributed by atoms with Gasteiger partial charge in [-0.1, -0.05) is 6.07 Å². The Balaban J connectivity index is 2.09. The first kappa shape index (κ1) is 11.9. The molecule has 0 spiro atoms. The van der Waals surface area contributed by atoms with Crippen molar-refractivity contribution in [2.24, 2.45) is 5.73 Å². The van der Waals surface area contributed by atoms with Crippen LogP contribution in [0.15, 0.2) is 18.2 Å². The summed E-state index contributed by atoms with van der Waals surface area (Å²) in [7, 11) is 1.42. The van der Waals surface area contributed by atoms with Crippen molar-refractivity contribution in [2.75, 3.05) is 13.7 Å². The molecule has 0 radical (unpaired) electrons. The normalized spacial score (nSPS) is 19.8. The van der Waals surface area contributed by atoms with Crippen LogP contribution in [-0.4, -0.2) is 30.5 Å². The van der Waals surface area contributed by atoms with Gasteiger partial charge in [-0.25, -0.2) is 4.39 Å². The largest absolute Gasteiger partial charge is 0.494 e. The number of benzene rings is 1. The maximum Gasteiger partial charge on any atom is 0.224 e. The second-order valence-corrected chi connectivity index (χ2v) is 4.21. The SMILES string of the molecule is COc1ccc(CN2CC(N)CC2=O)cc1F. The van der Waals surface area contributed by atoms with E-state index in [0.29, 0.717) is 19.5 Å². The first-order valence-electron chi connectivity index (χ1n) is 5.46. The highest BCUT2D eigenvalue weighted by Gasteiger charge is 2.26. The third-order valence-electron chi connectivity index (χ3n) is 2.83. The molecule has 0 saturated carbocycles. The Kier molecular flexibility index (Phi) is 3.28. The van der Waals surface area contributed by atoms with Gasteiger partial charge in [-0.15, -0.1) is 0 Å². The molecule has 0 aromatic heterocycles. The van der Waals surface area contributed by atoms with Gasteiger partial charge in [-0.05, 0) is 17.7 Å². The molecule has 1 unspecified atom stereocenters. The highest BCUT2D eigenvalue weighted by molar-refractivity contribution is 5.79. The van der Waals surface area contributed by atoms with E-state index < -0.39 is 5.82 Å². The van der Waals surface area contributed by atoms with Gasteiger partial charge >= 0.3 is 0 Å². The second-order valence-electron chi connectivity index (χ2n) is 4.21. The van der Waals surface area contributed by atoms with E-state index in [1.54, 1.807) is 17.0 Å². The summed E-state index contributed by atoms with van der Waals surface area (Å²) in [5.41, 5.74) is 6.43. The van der Waals surface area contributed by atoms with E-state index in [9.17, 15) is 9.18 Å². The maximum absolute atomic E-state index is 13.4. The van der Waals surface area contributed by atoms with E-state index in [1.165, 1.54) is 13.2 Å². The summed E-state index contributed by atoms with van der Waals surface area (Å²) in [4.78, 5) is 13.2. The summed E-state index contributed by atoms with van der Waals surface area (Å²) < 4.78 is 18.3. The molecule has 1 fully saturated rings. The van der Waals surface area contributed by atoms with Gasteiger partial charge in [0, 0.05) is 25.6 Å². The molecule has 1 heterocycles. The van der Waals surface area contributed by atoms with Crippen molar-refractivity contribution in [3.05, 3.63) is 29.6 Å². The van der Waals surface area contributed by atoms with Crippen molar-refractivity contribution in [3.63, 3.8) is 0 Å². The molecule has 1 aromatic carbocycles. The third-order valence-corrected chi connectivity index (χ3v) is 2.83. The van der Waals surface area contributed by atoms with Gasteiger partial charge in [0.15, 0.2) is 11.6 Å². The number of methoxy groups -OCH3 is 1. The summed E-state index contributed by atoms with van der Waals surface area (Å²) in [6, 6.07) is 4.59. The summed E-state index contributed by atoms with van der Waals surface area (Å²) >= 11 is 0. The zero-order valence-electron chi connectivity index (χ0n) is 9.65. The lowest BCUT2D eigenvalue weighted by molar-refractivity contribution is -0.128. The van der Waals surface area contributed by atoms with E-state index in [0.717, 1.165) is 5.56 Å². The monoisotopic (exact) mass is 238 g/mol. The summed E-state index contributed by atoms with van der Waals surface area (Å²) in [5, 5.41) is 0. The zero-order chi connectivity index (χ0) is 12.4. The molecular formula is C12H15FN2O2. The summed E-state index contributed by atoms with van der Waals surface area (Å²) in [6.07, 6.45) is 0.374. The van der Waals surface area contributed by atoms with Crippen molar-refractivity contribution in [2.45, 2.75) is 19.0 Å². The highest BCUT2D eigenvalue weighted by atomic mass is 19.1. The molecule has 4 nitrogen and oxygen atoms in total. The number of amides is 1. The molecule has 1 saturated heterocycles. The van der Waals surface area contributed by atoms with E-state index >= 15 is 0 Å². The lowest BCUT2D eigenvalue weighted by Crippen LogP contribution is -2.27. The minimum Gasteiger partial charge on any atom is -0.494 e. The van der Waals surface area contributed by atoms with Crippen LogP contribution in [0.3, 0.4) is 0 Å². The number of nitrogens with two attached hydrogens (primary N) is 1. The number of nitrogens with zero attached hydrogens (tertiary/aromatic N) is 1. The van der Waals surface area contributed by atoms with Gasteiger partial charge in [0.2, 0.25) is 5.91 Å². The lowest BCUT2D eigenvalue weighted by atomic mass is 10.2. The Morgan fingerprint density at radius 1 is 1.59 bits per heavy atom. The van der Waals surface area contributed by atoms with E-state index in [1.807, 2.05) is 0 Å². The van der Waals surface area contributed by atoms with Crippen LogP contribution in [0.25, 0.3) is 0 Å². The van der Waals surface area contributed by atoms with Crippen molar-refractivity contribution >= 4 is 5.91 Å². The number of hydrogen-bond donors (Lipinski definition) is 1. The van der Waals surface area contributed by atoms with Crippen LogP contribution in [0, 0.1) is 5.82 Å². The fourth-order valence-corrected chi connectivity index (χ4v) is 1.98. The molecule has 5 heteroatoms. The highest BCUT2D eigenvalue weighted by Crippen LogP contribution is 2.20. The molecule has 0 bridgehead atoms. The molecule has 1 atom stereocenters. The van der Waals surface area contributed by atoms with Crippen LogP contribution in [-0.2, 0) is 11.3 Å². The minimum atomic E-state index is -0.416. The number of rotatable bonds is 3.